The monoisotopic (exact) mass is 303 g/mol. The number of aliphatic carboxylic acids is 1. The zero-order chi connectivity index (χ0) is 15.0. The summed E-state index contributed by atoms with van der Waals surface area (Å²) >= 11 is 1.57. The minimum atomic E-state index is -0.979. The zero-order valence-electron chi connectivity index (χ0n) is 12.2. The van der Waals surface area contributed by atoms with Crippen LogP contribution < -0.4 is 10.6 Å². The fourth-order valence-corrected chi connectivity index (χ4v) is 2.78. The van der Waals surface area contributed by atoms with Gasteiger partial charge in [0.2, 0.25) is 0 Å². The van der Waals surface area contributed by atoms with Gasteiger partial charge < -0.3 is 20.6 Å². The molecule has 20 heavy (non-hydrogen) atoms. The third kappa shape index (κ3) is 6.00. The Morgan fingerprint density at radius 3 is 2.80 bits per heavy atom. The molecule has 3 N–H and O–H groups in total. The highest BCUT2D eigenvalue weighted by atomic mass is 32.2. The fourth-order valence-electron chi connectivity index (χ4n) is 2.31. The predicted molar refractivity (Wildman–Crippen MR) is 81.2 cm³/mol. The van der Waals surface area contributed by atoms with Gasteiger partial charge in [-0.05, 0) is 43.9 Å². The molecule has 6 nitrogen and oxygen atoms in total. The lowest BCUT2D eigenvalue weighted by atomic mass is 10.1. The minimum Gasteiger partial charge on any atom is -0.480 e. The Balaban J connectivity index is 2.26. The first-order valence-electron chi connectivity index (χ1n) is 7.05. The van der Waals surface area contributed by atoms with Crippen molar-refractivity contribution < 1.29 is 14.7 Å². The number of carbonyl (C=O) groups excluding carboxylic acids is 1. The molecule has 2 amide bonds. The Labute approximate surface area is 124 Å². The van der Waals surface area contributed by atoms with Crippen molar-refractivity contribution in [2.24, 2.45) is 5.92 Å². The molecule has 0 bridgehead atoms. The Hall–Kier alpha value is -0.950. The van der Waals surface area contributed by atoms with Gasteiger partial charge in [-0.2, -0.15) is 11.8 Å². The minimum absolute atomic E-state index is 0.381. The van der Waals surface area contributed by atoms with Crippen molar-refractivity contribution in [1.82, 2.24) is 15.5 Å². The van der Waals surface area contributed by atoms with E-state index >= 15 is 0 Å². The molecule has 1 fully saturated rings. The normalized spacial score (nSPS) is 20.6. The van der Waals surface area contributed by atoms with E-state index in [4.69, 9.17) is 5.11 Å². The third-order valence-corrected chi connectivity index (χ3v) is 4.23. The molecule has 1 aliphatic rings. The van der Waals surface area contributed by atoms with Gasteiger partial charge in [0.1, 0.15) is 6.04 Å². The van der Waals surface area contributed by atoms with E-state index in [9.17, 15) is 9.59 Å². The van der Waals surface area contributed by atoms with Crippen LogP contribution in [-0.4, -0.2) is 66.2 Å². The lowest BCUT2D eigenvalue weighted by Gasteiger charge is -2.17. The summed E-state index contributed by atoms with van der Waals surface area (Å²) in [5.74, 6) is 0.202. The van der Waals surface area contributed by atoms with E-state index in [0.29, 0.717) is 24.6 Å². The molecular weight excluding hydrogens is 278 g/mol. The van der Waals surface area contributed by atoms with E-state index in [1.807, 2.05) is 6.26 Å². The number of nitrogens with one attached hydrogen (secondary N) is 2. The number of rotatable bonds is 8. The maximum atomic E-state index is 11.7. The Bertz CT molecular complexity index is 328. The van der Waals surface area contributed by atoms with Crippen LogP contribution >= 0.6 is 11.8 Å². The van der Waals surface area contributed by atoms with Gasteiger partial charge in [0.05, 0.1) is 0 Å². The Morgan fingerprint density at radius 2 is 2.25 bits per heavy atom. The van der Waals surface area contributed by atoms with Gasteiger partial charge in [0, 0.05) is 13.1 Å². The Kier molecular flexibility index (Phi) is 7.76. The van der Waals surface area contributed by atoms with Crippen molar-refractivity contribution in [1.29, 1.82) is 0 Å². The second-order valence-corrected chi connectivity index (χ2v) is 6.06. The summed E-state index contributed by atoms with van der Waals surface area (Å²) in [7, 11) is 0. The maximum absolute atomic E-state index is 11.7. The lowest BCUT2D eigenvalue weighted by molar-refractivity contribution is -0.139. The third-order valence-electron chi connectivity index (χ3n) is 3.58. The first-order chi connectivity index (χ1) is 9.56. The second-order valence-electron chi connectivity index (χ2n) is 5.07. The molecule has 7 heteroatoms. The van der Waals surface area contributed by atoms with Crippen molar-refractivity contribution in [3.63, 3.8) is 0 Å². The number of likely N-dealkylation sites (tertiary alicyclic amines) is 1. The molecule has 1 rings (SSSR count). The number of hydrogen-bond donors (Lipinski definition) is 3. The van der Waals surface area contributed by atoms with Crippen molar-refractivity contribution in [2.75, 3.05) is 38.2 Å². The highest BCUT2D eigenvalue weighted by molar-refractivity contribution is 7.98. The van der Waals surface area contributed by atoms with Gasteiger partial charge in [0.15, 0.2) is 0 Å². The van der Waals surface area contributed by atoms with Gasteiger partial charge in [0.25, 0.3) is 0 Å². The maximum Gasteiger partial charge on any atom is 0.326 e. The molecule has 0 radical (unpaired) electrons. The quantitative estimate of drug-likeness (QED) is 0.619. The summed E-state index contributed by atoms with van der Waals surface area (Å²) in [6.07, 6.45) is 3.44. The van der Waals surface area contributed by atoms with Crippen molar-refractivity contribution in [3.05, 3.63) is 0 Å². The van der Waals surface area contributed by atoms with Crippen LogP contribution in [0.5, 0.6) is 0 Å². The molecule has 0 aromatic rings. The molecule has 1 aliphatic heterocycles. The molecule has 0 aromatic carbocycles. The van der Waals surface area contributed by atoms with Crippen molar-refractivity contribution in [3.8, 4) is 0 Å². The van der Waals surface area contributed by atoms with E-state index in [0.717, 1.165) is 26.1 Å². The molecule has 1 saturated heterocycles. The van der Waals surface area contributed by atoms with Gasteiger partial charge in [-0.15, -0.1) is 0 Å². The van der Waals surface area contributed by atoms with Gasteiger partial charge >= 0.3 is 12.0 Å². The van der Waals surface area contributed by atoms with E-state index < -0.39 is 12.0 Å². The van der Waals surface area contributed by atoms with Gasteiger partial charge in [-0.25, -0.2) is 9.59 Å². The van der Waals surface area contributed by atoms with E-state index in [2.05, 4.69) is 22.5 Å². The van der Waals surface area contributed by atoms with Crippen molar-refractivity contribution >= 4 is 23.8 Å². The Morgan fingerprint density at radius 1 is 1.50 bits per heavy atom. The van der Waals surface area contributed by atoms with Gasteiger partial charge in [-0.3, -0.25) is 0 Å². The van der Waals surface area contributed by atoms with E-state index in [1.54, 1.807) is 11.8 Å². The van der Waals surface area contributed by atoms with Crippen molar-refractivity contribution in [2.45, 2.75) is 25.8 Å². The van der Waals surface area contributed by atoms with E-state index in [-0.39, 0.29) is 6.03 Å². The molecule has 0 saturated carbocycles. The fraction of sp³-hybridized carbons (Fsp3) is 0.846. The molecule has 2 atom stereocenters. The standard InChI is InChI=1S/C13H25N3O3S/c1-3-16-6-4-10(9-16)8-14-13(19)15-11(12(17)18)5-7-20-2/h10-11H,3-9H2,1-2H3,(H,17,18)(H2,14,15,19)/t10?,11-/m1/s1. The summed E-state index contributed by atoms with van der Waals surface area (Å²) in [6.45, 7) is 5.86. The highest BCUT2D eigenvalue weighted by Crippen LogP contribution is 2.14. The number of carboxylic acid groups (broad SMARTS) is 1. The van der Waals surface area contributed by atoms with Crippen LogP contribution in [0.25, 0.3) is 0 Å². The number of amides is 2. The molecule has 0 aromatic heterocycles. The first kappa shape index (κ1) is 17.1. The number of carboxylic acids is 1. The van der Waals surface area contributed by atoms with Crippen LogP contribution in [0.4, 0.5) is 4.79 Å². The molecule has 116 valence electrons. The molecule has 1 heterocycles. The number of carbonyl (C=O) groups is 2. The number of thioether (sulfide) groups is 1. The highest BCUT2D eigenvalue weighted by Gasteiger charge is 2.23. The lowest BCUT2D eigenvalue weighted by Crippen LogP contribution is -2.47. The van der Waals surface area contributed by atoms with Crippen LogP contribution in [0.2, 0.25) is 0 Å². The smallest absolute Gasteiger partial charge is 0.326 e. The average Bonchev–Trinajstić information content (AvgIpc) is 2.88. The van der Waals surface area contributed by atoms with Gasteiger partial charge in [-0.1, -0.05) is 6.92 Å². The molecular formula is C13H25N3O3S. The average molecular weight is 303 g/mol. The summed E-state index contributed by atoms with van der Waals surface area (Å²) in [5.41, 5.74) is 0. The first-order valence-corrected chi connectivity index (χ1v) is 8.44. The largest absolute Gasteiger partial charge is 0.480 e. The SMILES string of the molecule is CCN1CCC(CNC(=O)N[C@H](CCSC)C(=O)O)C1. The van der Waals surface area contributed by atoms with Crippen LogP contribution in [0, 0.1) is 5.92 Å². The predicted octanol–water partition coefficient (Wildman–Crippen LogP) is 0.834. The zero-order valence-corrected chi connectivity index (χ0v) is 13.0. The molecule has 0 aliphatic carbocycles. The summed E-state index contributed by atoms with van der Waals surface area (Å²) < 4.78 is 0. The topological polar surface area (TPSA) is 81.7 Å². The van der Waals surface area contributed by atoms with Crippen LogP contribution in [0.15, 0.2) is 0 Å². The van der Waals surface area contributed by atoms with E-state index in [1.165, 1.54) is 0 Å². The van der Waals surface area contributed by atoms with Crippen LogP contribution in [0.3, 0.4) is 0 Å². The van der Waals surface area contributed by atoms with Crippen LogP contribution in [0.1, 0.15) is 19.8 Å². The number of urea groups is 1. The van der Waals surface area contributed by atoms with Crippen LogP contribution in [-0.2, 0) is 4.79 Å². The summed E-state index contributed by atoms with van der Waals surface area (Å²) in [4.78, 5) is 25.1. The summed E-state index contributed by atoms with van der Waals surface area (Å²) in [5, 5.41) is 14.3. The second kappa shape index (κ2) is 9.07. The number of nitrogens with zero attached hydrogens (tertiary/aromatic N) is 1. The molecule has 0 spiro atoms. The summed E-state index contributed by atoms with van der Waals surface area (Å²) in [6, 6.07) is -1.19. The number of hydrogen-bond acceptors (Lipinski definition) is 4. The molecule has 1 unspecified atom stereocenters.